The number of rotatable bonds is 5. The van der Waals surface area contributed by atoms with E-state index in [1.807, 2.05) is 0 Å². The summed E-state index contributed by atoms with van der Waals surface area (Å²) in [6, 6.07) is 8.09. The molecular weight excluding hydrogens is 266 g/mol. The van der Waals surface area contributed by atoms with Gasteiger partial charge in [0.2, 0.25) is 10.0 Å². The minimum absolute atomic E-state index is 0.0761. The molecule has 1 amide bonds. The van der Waals surface area contributed by atoms with Gasteiger partial charge in [-0.2, -0.15) is 0 Å². The van der Waals surface area contributed by atoms with Gasteiger partial charge < -0.3 is 0 Å². The fourth-order valence-electron chi connectivity index (χ4n) is 1.74. The molecule has 0 atom stereocenters. The Morgan fingerprint density at radius 2 is 1.79 bits per heavy atom. The Kier molecular flexibility index (Phi) is 3.71. The molecule has 0 aliphatic heterocycles. The summed E-state index contributed by atoms with van der Waals surface area (Å²) in [5, 5.41) is 0. The van der Waals surface area contributed by atoms with Gasteiger partial charge in [-0.05, 0) is 25.0 Å². The van der Waals surface area contributed by atoms with E-state index in [1.165, 1.54) is 12.1 Å². The first-order valence-corrected chi connectivity index (χ1v) is 7.84. The van der Waals surface area contributed by atoms with Crippen LogP contribution in [0.1, 0.15) is 23.2 Å². The summed E-state index contributed by atoms with van der Waals surface area (Å²) in [5.74, 6) is -0.917. The Balaban J connectivity index is 2.23. The van der Waals surface area contributed by atoms with E-state index in [1.54, 1.807) is 18.2 Å². The van der Waals surface area contributed by atoms with Gasteiger partial charge in [0.15, 0.2) is 5.78 Å². The Morgan fingerprint density at radius 1 is 1.21 bits per heavy atom. The smallest absolute Gasteiger partial charge is 0.267 e. The molecule has 0 unspecified atom stereocenters. The minimum Gasteiger partial charge on any atom is -0.297 e. The molecule has 0 aromatic heterocycles. The molecule has 0 bridgehead atoms. The number of carbonyl (C=O) groups excluding carboxylic acids is 2. The first-order chi connectivity index (χ1) is 8.89. The molecule has 1 aromatic rings. The van der Waals surface area contributed by atoms with Crippen LogP contribution in [0.4, 0.5) is 0 Å². The number of sulfonamides is 1. The van der Waals surface area contributed by atoms with Crippen molar-refractivity contribution in [2.75, 3.05) is 12.8 Å². The number of nitrogens with zero attached hydrogens (tertiary/aromatic N) is 1. The lowest BCUT2D eigenvalue weighted by atomic mass is 10.2. The summed E-state index contributed by atoms with van der Waals surface area (Å²) in [6.45, 7) is -0.364. The molecule has 102 valence electrons. The molecule has 1 aromatic carbocycles. The van der Waals surface area contributed by atoms with Crippen molar-refractivity contribution in [3.05, 3.63) is 35.9 Å². The lowest BCUT2D eigenvalue weighted by Gasteiger charge is -2.19. The number of ketones is 1. The lowest BCUT2D eigenvalue weighted by Crippen LogP contribution is -2.40. The quantitative estimate of drug-likeness (QED) is 0.809. The first-order valence-electron chi connectivity index (χ1n) is 5.99. The maximum atomic E-state index is 12.2. The molecule has 0 N–H and O–H groups in total. The van der Waals surface area contributed by atoms with E-state index >= 15 is 0 Å². The molecule has 1 aliphatic rings. The summed E-state index contributed by atoms with van der Waals surface area (Å²) in [4.78, 5) is 23.9. The number of benzene rings is 1. The normalized spacial score (nSPS) is 15.0. The minimum atomic E-state index is -3.75. The van der Waals surface area contributed by atoms with Crippen molar-refractivity contribution in [1.82, 2.24) is 4.31 Å². The van der Waals surface area contributed by atoms with Crippen molar-refractivity contribution in [2.45, 2.75) is 12.8 Å². The summed E-state index contributed by atoms with van der Waals surface area (Å²) in [5.41, 5.74) is 0.261. The van der Waals surface area contributed by atoms with Crippen LogP contribution in [0.25, 0.3) is 0 Å². The second-order valence-electron chi connectivity index (χ2n) is 4.68. The number of Topliss-reactive ketones (excluding diaryl/α,β-unsaturated/α-hetero) is 1. The molecule has 19 heavy (non-hydrogen) atoms. The molecule has 0 spiro atoms. The zero-order valence-corrected chi connectivity index (χ0v) is 11.4. The number of hydrogen-bond donors (Lipinski definition) is 0. The van der Waals surface area contributed by atoms with Gasteiger partial charge >= 0.3 is 0 Å². The maximum absolute atomic E-state index is 12.2. The highest BCUT2D eigenvalue weighted by molar-refractivity contribution is 7.88. The molecule has 1 fully saturated rings. The molecule has 0 radical (unpaired) electrons. The molecule has 1 aliphatic carbocycles. The number of carbonyl (C=O) groups is 2. The van der Waals surface area contributed by atoms with Gasteiger partial charge in [0.25, 0.3) is 5.91 Å². The predicted octanol–water partition coefficient (Wildman–Crippen LogP) is 1.07. The Hall–Kier alpha value is -1.69. The van der Waals surface area contributed by atoms with E-state index in [0.29, 0.717) is 4.31 Å². The number of hydrogen-bond acceptors (Lipinski definition) is 4. The lowest BCUT2D eigenvalue weighted by molar-refractivity contribution is -0.120. The highest BCUT2D eigenvalue weighted by Gasteiger charge is 2.34. The maximum Gasteiger partial charge on any atom is 0.267 e. The van der Waals surface area contributed by atoms with Gasteiger partial charge in [0.1, 0.15) is 0 Å². The van der Waals surface area contributed by atoms with Crippen molar-refractivity contribution < 1.29 is 18.0 Å². The first kappa shape index (κ1) is 13.7. The van der Waals surface area contributed by atoms with Gasteiger partial charge in [0, 0.05) is 11.5 Å². The van der Waals surface area contributed by atoms with Gasteiger partial charge in [0.05, 0.1) is 12.8 Å². The molecule has 5 nitrogen and oxygen atoms in total. The van der Waals surface area contributed by atoms with E-state index in [-0.39, 0.29) is 23.8 Å². The summed E-state index contributed by atoms with van der Waals surface area (Å²) >= 11 is 0. The third-order valence-electron chi connectivity index (χ3n) is 2.98. The van der Waals surface area contributed by atoms with E-state index in [2.05, 4.69) is 0 Å². The Labute approximate surface area is 112 Å². The average Bonchev–Trinajstić information content (AvgIpc) is 3.18. The third kappa shape index (κ3) is 3.41. The fraction of sp³-hybridized carbons (Fsp3) is 0.385. The second-order valence-corrected chi connectivity index (χ2v) is 6.59. The summed E-state index contributed by atoms with van der Waals surface area (Å²) in [7, 11) is -3.75. The van der Waals surface area contributed by atoms with Crippen LogP contribution in [0.3, 0.4) is 0 Å². The molecule has 6 heteroatoms. The van der Waals surface area contributed by atoms with E-state index < -0.39 is 15.9 Å². The van der Waals surface area contributed by atoms with E-state index in [4.69, 9.17) is 0 Å². The Morgan fingerprint density at radius 3 is 2.26 bits per heavy atom. The second kappa shape index (κ2) is 5.13. The summed E-state index contributed by atoms with van der Waals surface area (Å²) in [6.07, 6.45) is 2.51. The van der Waals surface area contributed by atoms with Crippen molar-refractivity contribution in [3.63, 3.8) is 0 Å². The molecule has 2 rings (SSSR count). The van der Waals surface area contributed by atoms with Crippen molar-refractivity contribution >= 4 is 21.7 Å². The van der Waals surface area contributed by atoms with Crippen molar-refractivity contribution in [1.29, 1.82) is 0 Å². The topological polar surface area (TPSA) is 71.5 Å². The highest BCUT2D eigenvalue weighted by atomic mass is 32.2. The number of amides is 1. The van der Waals surface area contributed by atoms with Gasteiger partial charge in [-0.15, -0.1) is 0 Å². The molecule has 0 heterocycles. The van der Waals surface area contributed by atoms with Gasteiger partial charge in [-0.3, -0.25) is 9.59 Å². The van der Waals surface area contributed by atoms with Crippen LogP contribution in [0.5, 0.6) is 0 Å². The fourth-order valence-corrected chi connectivity index (χ4v) is 2.51. The zero-order valence-electron chi connectivity index (χ0n) is 10.6. The van der Waals surface area contributed by atoms with E-state index in [0.717, 1.165) is 19.1 Å². The van der Waals surface area contributed by atoms with Crippen LogP contribution in [-0.2, 0) is 14.8 Å². The van der Waals surface area contributed by atoms with E-state index in [9.17, 15) is 18.0 Å². The molecule has 0 saturated heterocycles. The van der Waals surface area contributed by atoms with Crippen LogP contribution in [0, 0.1) is 5.92 Å². The predicted molar refractivity (Wildman–Crippen MR) is 70.1 cm³/mol. The van der Waals surface area contributed by atoms with Gasteiger partial charge in [-0.25, -0.2) is 12.7 Å². The molecular formula is C13H15NO4S. The molecule has 1 saturated carbocycles. The zero-order chi connectivity index (χ0) is 14.0. The largest absolute Gasteiger partial charge is 0.297 e. The SMILES string of the molecule is CS(=O)(=O)N(CC(=O)C1CC1)C(=O)c1ccccc1. The summed E-state index contributed by atoms with van der Waals surface area (Å²) < 4.78 is 24.0. The van der Waals surface area contributed by atoms with Gasteiger partial charge in [-0.1, -0.05) is 18.2 Å². The Bertz CT molecular complexity index is 590. The van der Waals surface area contributed by atoms with Crippen LogP contribution >= 0.6 is 0 Å². The van der Waals surface area contributed by atoms with Crippen LogP contribution < -0.4 is 0 Å². The highest BCUT2D eigenvalue weighted by Crippen LogP contribution is 2.30. The van der Waals surface area contributed by atoms with Crippen LogP contribution in [0.2, 0.25) is 0 Å². The van der Waals surface area contributed by atoms with Crippen molar-refractivity contribution in [2.24, 2.45) is 5.92 Å². The standard InChI is InChI=1S/C13H15NO4S/c1-19(17,18)14(9-12(15)10-7-8-10)13(16)11-5-3-2-4-6-11/h2-6,10H,7-9H2,1H3. The third-order valence-corrected chi connectivity index (χ3v) is 4.08. The monoisotopic (exact) mass is 281 g/mol. The average molecular weight is 281 g/mol. The van der Waals surface area contributed by atoms with Crippen molar-refractivity contribution in [3.8, 4) is 0 Å². The van der Waals surface area contributed by atoms with Crippen LogP contribution in [-0.4, -0.2) is 37.2 Å². The van der Waals surface area contributed by atoms with Crippen LogP contribution in [0.15, 0.2) is 30.3 Å².